The van der Waals surface area contributed by atoms with E-state index in [1.165, 1.54) is 0 Å². The molecule has 1 atom stereocenters. The predicted octanol–water partition coefficient (Wildman–Crippen LogP) is 1.43. The number of amides is 1. The number of carbonyl (C=O) groups is 1. The van der Waals surface area contributed by atoms with E-state index < -0.39 is 11.5 Å². The van der Waals surface area contributed by atoms with Crippen molar-refractivity contribution in [2.75, 3.05) is 6.61 Å². The quantitative estimate of drug-likeness (QED) is 0.780. The van der Waals surface area contributed by atoms with E-state index in [0.29, 0.717) is 11.1 Å². The number of hydrogen-bond donors (Lipinski definition) is 3. The van der Waals surface area contributed by atoms with E-state index in [1.807, 2.05) is 18.2 Å². The van der Waals surface area contributed by atoms with Gasteiger partial charge in [0.1, 0.15) is 0 Å². The Hall–Kier alpha value is -2.17. The molecule has 2 aromatic rings. The minimum absolute atomic E-state index is 0.116. The summed E-state index contributed by atoms with van der Waals surface area (Å²) in [6, 6.07) is 15.8. The first kappa shape index (κ1) is 14.8. The van der Waals surface area contributed by atoms with Gasteiger partial charge in [0.05, 0.1) is 6.61 Å². The fraction of sp³-hybridized carbons (Fsp3) is 0.278. The molecule has 2 aromatic carbocycles. The highest BCUT2D eigenvalue weighted by molar-refractivity contribution is 5.88. The summed E-state index contributed by atoms with van der Waals surface area (Å²) in [6.45, 7) is 0.116. The lowest BCUT2D eigenvalue weighted by atomic mass is 9.84. The zero-order chi connectivity index (χ0) is 15.8. The molecule has 0 radical (unpaired) electrons. The molecule has 1 unspecified atom stereocenters. The fourth-order valence-corrected chi connectivity index (χ4v) is 2.88. The van der Waals surface area contributed by atoms with Gasteiger partial charge in [0.25, 0.3) is 5.91 Å². The van der Waals surface area contributed by atoms with Crippen LogP contribution in [-0.4, -0.2) is 22.7 Å². The standard InChI is InChI=1S/C18H19NO3/c19-16(21)18(22,14-4-2-1-3-5-14)15-8-6-13(7-9-15)17(12-20)10-11-17/h1-9,20,22H,10-12H2,(H2,19,21). The van der Waals surface area contributed by atoms with E-state index in [0.717, 1.165) is 18.4 Å². The summed E-state index contributed by atoms with van der Waals surface area (Å²) in [7, 11) is 0. The van der Waals surface area contributed by atoms with Crippen molar-refractivity contribution in [3.05, 3.63) is 71.3 Å². The Bertz CT molecular complexity index is 677. The van der Waals surface area contributed by atoms with Crippen LogP contribution in [-0.2, 0) is 15.8 Å². The maximum Gasteiger partial charge on any atom is 0.258 e. The molecule has 0 aromatic heterocycles. The lowest BCUT2D eigenvalue weighted by Crippen LogP contribution is -2.42. The maximum atomic E-state index is 11.9. The van der Waals surface area contributed by atoms with Gasteiger partial charge in [-0.15, -0.1) is 0 Å². The predicted molar refractivity (Wildman–Crippen MR) is 83.1 cm³/mol. The second-order valence-electron chi connectivity index (χ2n) is 5.96. The molecule has 1 amide bonds. The molecule has 0 spiro atoms. The van der Waals surface area contributed by atoms with Crippen LogP contribution < -0.4 is 5.73 Å². The molecule has 1 fully saturated rings. The molecule has 0 bridgehead atoms. The highest BCUT2D eigenvalue weighted by Gasteiger charge is 2.44. The number of carbonyl (C=O) groups excluding carboxylic acids is 1. The lowest BCUT2D eigenvalue weighted by molar-refractivity contribution is -0.133. The van der Waals surface area contributed by atoms with Crippen LogP contribution in [0.4, 0.5) is 0 Å². The number of hydrogen-bond acceptors (Lipinski definition) is 3. The minimum atomic E-state index is -1.85. The fourth-order valence-electron chi connectivity index (χ4n) is 2.88. The van der Waals surface area contributed by atoms with Crippen molar-refractivity contribution in [3.63, 3.8) is 0 Å². The van der Waals surface area contributed by atoms with Gasteiger partial charge in [0.15, 0.2) is 5.60 Å². The molecule has 0 saturated heterocycles. The summed E-state index contributed by atoms with van der Waals surface area (Å²) in [5.74, 6) is -0.810. The van der Waals surface area contributed by atoms with E-state index in [1.54, 1.807) is 36.4 Å². The van der Waals surface area contributed by atoms with E-state index in [9.17, 15) is 15.0 Å². The van der Waals surface area contributed by atoms with E-state index >= 15 is 0 Å². The van der Waals surface area contributed by atoms with Crippen molar-refractivity contribution in [2.24, 2.45) is 5.73 Å². The Morgan fingerprint density at radius 3 is 2.05 bits per heavy atom. The smallest absolute Gasteiger partial charge is 0.258 e. The molecule has 114 valence electrons. The molecule has 0 aliphatic heterocycles. The summed E-state index contributed by atoms with van der Waals surface area (Å²) in [6.07, 6.45) is 1.92. The van der Waals surface area contributed by atoms with Gasteiger partial charge in [-0.05, 0) is 29.5 Å². The number of primary amides is 1. The summed E-state index contributed by atoms with van der Waals surface area (Å²) < 4.78 is 0. The lowest BCUT2D eigenvalue weighted by Gasteiger charge is -2.26. The molecule has 1 aliphatic carbocycles. The third-order valence-corrected chi connectivity index (χ3v) is 4.62. The maximum absolute atomic E-state index is 11.9. The van der Waals surface area contributed by atoms with Crippen molar-refractivity contribution >= 4 is 5.91 Å². The first-order chi connectivity index (χ1) is 10.5. The topological polar surface area (TPSA) is 83.6 Å². The highest BCUT2D eigenvalue weighted by atomic mass is 16.3. The molecular formula is C18H19NO3. The zero-order valence-electron chi connectivity index (χ0n) is 12.2. The van der Waals surface area contributed by atoms with Crippen LogP contribution in [0, 0.1) is 0 Å². The first-order valence-electron chi connectivity index (χ1n) is 7.33. The number of aliphatic hydroxyl groups excluding tert-OH is 1. The third-order valence-electron chi connectivity index (χ3n) is 4.62. The van der Waals surface area contributed by atoms with Crippen LogP contribution in [0.1, 0.15) is 29.5 Å². The van der Waals surface area contributed by atoms with Gasteiger partial charge in [-0.1, -0.05) is 54.6 Å². The van der Waals surface area contributed by atoms with Gasteiger partial charge in [0, 0.05) is 5.41 Å². The summed E-state index contributed by atoms with van der Waals surface area (Å²) in [4.78, 5) is 11.9. The van der Waals surface area contributed by atoms with Crippen molar-refractivity contribution < 1.29 is 15.0 Å². The first-order valence-corrected chi connectivity index (χ1v) is 7.33. The molecule has 1 saturated carbocycles. The molecule has 4 heteroatoms. The molecule has 0 heterocycles. The van der Waals surface area contributed by atoms with Gasteiger partial charge in [-0.25, -0.2) is 0 Å². The Morgan fingerprint density at radius 2 is 1.59 bits per heavy atom. The van der Waals surface area contributed by atoms with E-state index in [2.05, 4.69) is 0 Å². The molecule has 3 rings (SSSR count). The average molecular weight is 297 g/mol. The highest BCUT2D eigenvalue weighted by Crippen LogP contribution is 2.48. The average Bonchev–Trinajstić information content (AvgIpc) is 3.36. The molecular weight excluding hydrogens is 278 g/mol. The van der Waals surface area contributed by atoms with Crippen LogP contribution in [0.3, 0.4) is 0 Å². The normalized spacial score (nSPS) is 18.5. The molecule has 22 heavy (non-hydrogen) atoms. The molecule has 4 N–H and O–H groups in total. The summed E-state index contributed by atoms with van der Waals surface area (Å²) >= 11 is 0. The zero-order valence-corrected chi connectivity index (χ0v) is 12.2. The molecule has 4 nitrogen and oxygen atoms in total. The van der Waals surface area contributed by atoms with Crippen molar-refractivity contribution in [2.45, 2.75) is 23.9 Å². The number of aliphatic hydroxyl groups is 2. The second kappa shape index (κ2) is 5.23. The van der Waals surface area contributed by atoms with Crippen LogP contribution in [0.25, 0.3) is 0 Å². The van der Waals surface area contributed by atoms with Gasteiger partial charge in [0.2, 0.25) is 0 Å². The minimum Gasteiger partial charge on any atom is -0.395 e. The Balaban J connectivity index is 2.01. The Kier molecular flexibility index (Phi) is 3.51. The van der Waals surface area contributed by atoms with Crippen LogP contribution in [0.2, 0.25) is 0 Å². The van der Waals surface area contributed by atoms with Gasteiger partial charge in [-0.2, -0.15) is 0 Å². The van der Waals surface area contributed by atoms with Crippen LogP contribution in [0.5, 0.6) is 0 Å². The SMILES string of the molecule is NC(=O)C(O)(c1ccccc1)c1ccc(C2(CO)CC2)cc1. The van der Waals surface area contributed by atoms with Crippen LogP contribution in [0.15, 0.2) is 54.6 Å². The van der Waals surface area contributed by atoms with E-state index in [-0.39, 0.29) is 12.0 Å². The second-order valence-corrected chi connectivity index (χ2v) is 5.96. The van der Waals surface area contributed by atoms with E-state index in [4.69, 9.17) is 5.73 Å². The monoisotopic (exact) mass is 297 g/mol. The van der Waals surface area contributed by atoms with Crippen molar-refractivity contribution in [1.29, 1.82) is 0 Å². The molecule has 1 aliphatic rings. The summed E-state index contributed by atoms with van der Waals surface area (Å²) in [5.41, 5.74) is 5.38. The largest absolute Gasteiger partial charge is 0.395 e. The van der Waals surface area contributed by atoms with Crippen molar-refractivity contribution in [3.8, 4) is 0 Å². The van der Waals surface area contributed by atoms with Gasteiger partial charge < -0.3 is 15.9 Å². The van der Waals surface area contributed by atoms with Gasteiger partial charge >= 0.3 is 0 Å². The Morgan fingerprint density at radius 1 is 1.05 bits per heavy atom. The van der Waals surface area contributed by atoms with Gasteiger partial charge in [-0.3, -0.25) is 4.79 Å². The third kappa shape index (κ3) is 2.21. The number of nitrogens with two attached hydrogens (primary N) is 1. The van der Waals surface area contributed by atoms with Crippen LogP contribution >= 0.6 is 0 Å². The Labute approximate surface area is 129 Å². The van der Waals surface area contributed by atoms with Crippen molar-refractivity contribution in [1.82, 2.24) is 0 Å². The number of rotatable bonds is 5. The number of benzene rings is 2. The summed E-state index contributed by atoms with van der Waals surface area (Å²) in [5, 5.41) is 20.4.